The lowest BCUT2D eigenvalue weighted by Gasteiger charge is -2.34. The van der Waals surface area contributed by atoms with Crippen molar-refractivity contribution in [2.24, 2.45) is 11.8 Å². The number of imide groups is 1. The normalized spacial score (nSPS) is 33.9. The van der Waals surface area contributed by atoms with Crippen LogP contribution in [0.5, 0.6) is 0 Å². The second kappa shape index (κ2) is 6.60. The smallest absolute Gasteiger partial charge is 0.270 e. The molecule has 4 rings (SSSR count). The van der Waals surface area contributed by atoms with Gasteiger partial charge in [0.15, 0.2) is 4.33 Å². The molecular weight excluding hydrogens is 527 g/mol. The minimum absolute atomic E-state index is 0.0411. The fourth-order valence-electron chi connectivity index (χ4n) is 4.01. The Morgan fingerprint density at radius 2 is 1.40 bits per heavy atom. The van der Waals surface area contributed by atoms with Crippen LogP contribution in [0.15, 0.2) is 34.3 Å². The molecule has 4 atom stereocenters. The van der Waals surface area contributed by atoms with E-state index >= 15 is 0 Å². The number of hydrogen-bond acceptors (Lipinski definition) is 5. The molecule has 2 aliphatic carbocycles. The average Bonchev–Trinajstić information content (AvgIpc) is 3.07. The highest BCUT2D eigenvalue weighted by atomic mass is 35.5. The highest BCUT2D eigenvalue weighted by Crippen LogP contribution is 2.77. The summed E-state index contributed by atoms with van der Waals surface area (Å²) in [7, 11) is 0. The van der Waals surface area contributed by atoms with Crippen LogP contribution in [0, 0.1) is 22.0 Å². The number of benzene rings is 1. The zero-order valence-corrected chi connectivity index (χ0v) is 18.7. The van der Waals surface area contributed by atoms with Crippen molar-refractivity contribution in [3.8, 4) is 0 Å². The van der Waals surface area contributed by atoms with Crippen LogP contribution in [0.4, 0.5) is 5.69 Å². The molecule has 1 N–H and O–H groups in total. The molecule has 1 saturated heterocycles. The number of nitrogens with zero attached hydrogens (tertiary/aromatic N) is 2. The number of carbonyl (C=O) groups is 3. The molecule has 0 aromatic heterocycles. The van der Waals surface area contributed by atoms with Gasteiger partial charge < -0.3 is 0 Å². The Bertz CT molecular complexity index is 1030. The molecule has 0 radical (unpaired) electrons. The molecule has 14 heteroatoms. The number of hydrogen-bond donors (Lipinski definition) is 1. The summed E-state index contributed by atoms with van der Waals surface area (Å²) in [6.07, 6.45) is 0. The molecule has 1 saturated carbocycles. The minimum Gasteiger partial charge on any atom is -0.272 e. The summed E-state index contributed by atoms with van der Waals surface area (Å²) in [4.78, 5) is 44.6. The molecule has 0 unspecified atom stereocenters. The Labute approximate surface area is 198 Å². The summed E-state index contributed by atoms with van der Waals surface area (Å²) < 4.78 is -2.08. The number of carbonyl (C=O) groups excluding carboxylic acids is 3. The van der Waals surface area contributed by atoms with Gasteiger partial charge in [-0.1, -0.05) is 46.4 Å². The maximum Gasteiger partial charge on any atom is 0.270 e. The van der Waals surface area contributed by atoms with Crippen molar-refractivity contribution in [1.29, 1.82) is 0 Å². The maximum absolute atomic E-state index is 13.0. The third-order valence-corrected chi connectivity index (χ3v) is 9.72. The van der Waals surface area contributed by atoms with Gasteiger partial charge in [0.2, 0.25) is 0 Å². The number of halogens is 6. The van der Waals surface area contributed by atoms with Crippen molar-refractivity contribution in [2.45, 2.75) is 14.1 Å². The lowest BCUT2D eigenvalue weighted by Crippen LogP contribution is -2.54. The number of nitrogens with one attached hydrogen (secondary N) is 1. The number of rotatable bonds is 3. The summed E-state index contributed by atoms with van der Waals surface area (Å²) in [6.45, 7) is 0. The lowest BCUT2D eigenvalue weighted by molar-refractivity contribution is -0.384. The molecule has 0 spiro atoms. The van der Waals surface area contributed by atoms with Crippen molar-refractivity contribution >= 4 is 93.0 Å². The van der Waals surface area contributed by atoms with Crippen LogP contribution < -0.4 is 5.43 Å². The number of non-ortho nitro benzene ring substituents is 1. The fraction of sp³-hybridized carbons (Fsp3) is 0.312. The molecule has 1 aliphatic heterocycles. The zero-order valence-electron chi connectivity index (χ0n) is 14.2. The van der Waals surface area contributed by atoms with Crippen LogP contribution in [0.3, 0.4) is 0 Å². The van der Waals surface area contributed by atoms with E-state index in [1.54, 1.807) is 0 Å². The van der Waals surface area contributed by atoms with E-state index < -0.39 is 48.6 Å². The molecule has 1 aromatic carbocycles. The Balaban J connectivity index is 1.66. The summed E-state index contributed by atoms with van der Waals surface area (Å²) in [5.74, 6) is -5.49. The summed E-state index contributed by atoms with van der Waals surface area (Å²) in [6, 6.07) is 4.51. The van der Waals surface area contributed by atoms with Crippen LogP contribution in [0.1, 0.15) is 10.4 Å². The first-order valence-electron chi connectivity index (χ1n) is 8.07. The number of allylic oxidation sites excluding steroid dienone is 2. The number of amides is 3. The van der Waals surface area contributed by atoms with Crippen molar-refractivity contribution in [3.05, 3.63) is 50.0 Å². The third kappa shape index (κ3) is 2.35. The zero-order chi connectivity index (χ0) is 22.4. The molecule has 30 heavy (non-hydrogen) atoms. The predicted octanol–water partition coefficient (Wildman–Crippen LogP) is 3.69. The fourth-order valence-corrected chi connectivity index (χ4v) is 6.93. The van der Waals surface area contributed by atoms with Gasteiger partial charge in [0.1, 0.15) is 9.75 Å². The van der Waals surface area contributed by atoms with Crippen LogP contribution in [0.25, 0.3) is 0 Å². The molecule has 3 aliphatic rings. The molecule has 2 fully saturated rings. The van der Waals surface area contributed by atoms with Crippen molar-refractivity contribution < 1.29 is 19.3 Å². The van der Waals surface area contributed by atoms with Gasteiger partial charge in [0.05, 0.1) is 26.8 Å². The Morgan fingerprint density at radius 1 is 0.967 bits per heavy atom. The molecule has 8 nitrogen and oxygen atoms in total. The van der Waals surface area contributed by atoms with Crippen molar-refractivity contribution in [1.82, 2.24) is 10.4 Å². The van der Waals surface area contributed by atoms with Gasteiger partial charge in [-0.25, -0.2) is 0 Å². The molecule has 3 amide bonds. The SMILES string of the molecule is O=C(NN1C(=O)[C@@H]2[C@H](C1=O)[C@@]1(Cl)C(Cl)=C(Cl)[C@@]2(Cl)C1(Cl)Cl)c1ccc([N+](=O)[O-])cc1. The highest BCUT2D eigenvalue weighted by molar-refractivity contribution is 6.66. The van der Waals surface area contributed by atoms with Crippen LogP contribution >= 0.6 is 69.6 Å². The van der Waals surface area contributed by atoms with Gasteiger partial charge in [-0.3, -0.25) is 29.9 Å². The van der Waals surface area contributed by atoms with E-state index in [-0.39, 0.29) is 21.3 Å². The second-order valence-corrected chi connectivity index (χ2v) is 10.1. The largest absolute Gasteiger partial charge is 0.272 e. The number of alkyl halides is 4. The first kappa shape index (κ1) is 21.9. The lowest BCUT2D eigenvalue weighted by atomic mass is 9.84. The summed E-state index contributed by atoms with van der Waals surface area (Å²) in [5, 5.41) is 10.7. The topological polar surface area (TPSA) is 110 Å². The van der Waals surface area contributed by atoms with E-state index in [9.17, 15) is 24.5 Å². The third-order valence-electron chi connectivity index (χ3n) is 5.46. The quantitative estimate of drug-likeness (QED) is 0.276. The summed E-state index contributed by atoms with van der Waals surface area (Å²) in [5.41, 5.74) is 1.87. The van der Waals surface area contributed by atoms with Gasteiger partial charge in [0, 0.05) is 17.7 Å². The van der Waals surface area contributed by atoms with E-state index in [1.807, 2.05) is 0 Å². The van der Waals surface area contributed by atoms with Crippen LogP contribution in [-0.2, 0) is 9.59 Å². The number of hydrazine groups is 1. The average molecular weight is 534 g/mol. The van der Waals surface area contributed by atoms with Gasteiger partial charge in [-0.05, 0) is 12.1 Å². The standard InChI is InChI=1S/C16H7Cl6N3O5/c17-9-10(18)15(20)8-7(14(9,19)16(15,21)22)12(27)24(13(8)28)23-11(26)5-1-3-6(4-2-5)25(29)30/h1-4,7-8H,(H,23,26)/t7-,8+,14-,15-/m1/s1. The van der Waals surface area contributed by atoms with Crippen LogP contribution in [-0.4, -0.2) is 41.7 Å². The molecule has 158 valence electrons. The monoisotopic (exact) mass is 531 g/mol. The van der Waals surface area contributed by atoms with Gasteiger partial charge >= 0.3 is 0 Å². The number of nitro groups is 1. The Morgan fingerprint density at radius 3 is 1.80 bits per heavy atom. The van der Waals surface area contributed by atoms with Gasteiger partial charge in [-0.2, -0.15) is 5.01 Å². The maximum atomic E-state index is 13.0. The van der Waals surface area contributed by atoms with Crippen molar-refractivity contribution in [2.75, 3.05) is 0 Å². The van der Waals surface area contributed by atoms with Crippen LogP contribution in [0.2, 0.25) is 0 Å². The van der Waals surface area contributed by atoms with E-state index in [4.69, 9.17) is 69.6 Å². The van der Waals surface area contributed by atoms with E-state index in [0.717, 1.165) is 24.3 Å². The summed E-state index contributed by atoms with van der Waals surface area (Å²) >= 11 is 38.2. The van der Waals surface area contributed by atoms with Gasteiger partial charge in [-0.15, -0.1) is 23.2 Å². The minimum atomic E-state index is -2.08. The first-order chi connectivity index (χ1) is 13.8. The Hall–Kier alpha value is -1.29. The second-order valence-electron chi connectivity index (χ2n) is 6.84. The molecule has 2 bridgehead atoms. The molecular formula is C16H7Cl6N3O5. The molecule has 1 heterocycles. The van der Waals surface area contributed by atoms with Gasteiger partial charge in [0.25, 0.3) is 23.4 Å². The molecule has 1 aromatic rings. The van der Waals surface area contributed by atoms with E-state index in [0.29, 0.717) is 5.01 Å². The van der Waals surface area contributed by atoms with Crippen molar-refractivity contribution in [3.63, 3.8) is 0 Å². The number of nitro benzene ring substituents is 1. The highest BCUT2D eigenvalue weighted by Gasteiger charge is 2.87. The van der Waals surface area contributed by atoms with E-state index in [1.165, 1.54) is 0 Å². The number of fused-ring (bicyclic) bond motifs is 5. The predicted molar refractivity (Wildman–Crippen MR) is 110 cm³/mol. The first-order valence-corrected chi connectivity index (χ1v) is 10.3. The Kier molecular flexibility index (Phi) is 4.83. The van der Waals surface area contributed by atoms with E-state index in [2.05, 4.69) is 5.43 Å².